The Labute approximate surface area is 162 Å². The first kappa shape index (κ1) is 35.0. The van der Waals surface area contributed by atoms with Crippen LogP contribution >= 0.6 is 0 Å². The van der Waals surface area contributed by atoms with Gasteiger partial charge in [-0.1, -0.05) is 0 Å². The minimum absolute atomic E-state index is 0.753. The van der Waals surface area contributed by atoms with Crippen LogP contribution in [0.25, 0.3) is 0 Å². The molecule has 0 radical (unpaired) electrons. The zero-order valence-corrected chi connectivity index (χ0v) is 15.3. The van der Waals surface area contributed by atoms with E-state index in [2.05, 4.69) is 60.9 Å². The summed E-state index contributed by atoms with van der Waals surface area (Å²) < 4.78 is 44.0. The van der Waals surface area contributed by atoms with Gasteiger partial charge in [-0.05, 0) is 0 Å². The topological polar surface area (TPSA) is 109 Å². The maximum atomic E-state index is 7.50. The molecule has 0 saturated carbocycles. The molecule has 0 aliphatic rings. The molecule has 0 aliphatic carbocycles. The van der Waals surface area contributed by atoms with E-state index in [4.69, 9.17) is 28.0 Å². The Kier molecular flexibility index (Phi) is 58.5. The molecule has 0 amide bonds. The van der Waals surface area contributed by atoms with Crippen LogP contribution in [0.2, 0.25) is 0 Å². The quantitative estimate of drug-likeness (QED) is 0.315. The van der Waals surface area contributed by atoms with E-state index in [1.807, 2.05) is 37.3 Å². The van der Waals surface area contributed by atoms with Crippen LogP contribution in [0.5, 0.6) is 0 Å². The number of unbranched alkanes of at least 4 members (excludes halogenated alkanes) is 2. The van der Waals surface area contributed by atoms with Gasteiger partial charge in [-0.25, -0.2) is 0 Å². The van der Waals surface area contributed by atoms with E-state index < -0.39 is 0 Å². The fraction of sp³-hybridized carbons (Fsp3) is 0.263. The first-order valence-electron chi connectivity index (χ1n) is 6.48. The molecular weight excluding hydrogens is 376 g/mol. The molecule has 0 spiro atoms. The molecule has 0 saturated heterocycles. The molecule has 0 heterocycles. The average molecular weight is 392 g/mol. The van der Waals surface area contributed by atoms with Gasteiger partial charge in [0, 0.05) is 0 Å². The molecule has 0 unspecified atom stereocenters. The second-order valence-corrected chi connectivity index (χ2v) is 3.96. The van der Waals surface area contributed by atoms with Crippen LogP contribution in [0.15, 0.2) is 30.3 Å². The van der Waals surface area contributed by atoms with Crippen LogP contribution in [0.3, 0.4) is 0 Å². The number of ether oxygens (including phenoxy) is 1. The van der Waals surface area contributed by atoms with Crippen molar-refractivity contribution in [3.63, 3.8) is 0 Å². The number of hydrogen-bond donors (Lipinski definition) is 0. The predicted octanol–water partition coefficient (Wildman–Crippen LogP) is 2.73. The van der Waals surface area contributed by atoms with Crippen LogP contribution in [0.4, 0.5) is 0 Å². The van der Waals surface area contributed by atoms with E-state index in [1.165, 1.54) is 0 Å². The molecule has 0 atom stereocenters. The van der Waals surface area contributed by atoms with E-state index in [0.29, 0.717) is 0 Å². The van der Waals surface area contributed by atoms with Gasteiger partial charge in [-0.2, -0.15) is 0 Å². The summed E-state index contributed by atoms with van der Waals surface area (Å²) in [6.45, 7) is 25.1. The van der Waals surface area contributed by atoms with Crippen molar-refractivity contribution in [1.82, 2.24) is 0 Å². The molecule has 7 heteroatoms. The summed E-state index contributed by atoms with van der Waals surface area (Å²) >= 11 is 2.96. The van der Waals surface area contributed by atoms with Gasteiger partial charge in [0.1, 0.15) is 0 Å². The van der Waals surface area contributed by atoms with Gasteiger partial charge in [0.2, 0.25) is 0 Å². The summed E-state index contributed by atoms with van der Waals surface area (Å²) in [6, 6.07) is 10.1. The number of benzene rings is 1. The average Bonchev–Trinajstić information content (AvgIpc) is 2.78. The second kappa shape index (κ2) is 43.4. The molecule has 0 fully saturated rings. The maximum absolute atomic E-state index is 7.50. The van der Waals surface area contributed by atoms with E-state index >= 15 is 0 Å². The van der Waals surface area contributed by atoms with Crippen molar-refractivity contribution in [2.45, 2.75) is 26.2 Å². The molecule has 0 bridgehead atoms. The Balaban J connectivity index is -0.000000127. The molecule has 0 aromatic heterocycles. The monoisotopic (exact) mass is 392 g/mol. The van der Waals surface area contributed by atoms with E-state index in [1.54, 1.807) is 0 Å². The van der Waals surface area contributed by atoms with Crippen LogP contribution in [0.1, 0.15) is 31.7 Å². The molecule has 0 N–H and O–H groups in total. The first-order valence-corrected chi connectivity index (χ1v) is 7.12. The minimum atomic E-state index is 0.753. The zero-order chi connectivity index (χ0) is 21.6. The van der Waals surface area contributed by atoms with E-state index in [-0.39, 0.29) is 0 Å². The SMILES string of the molecule is CC#CCCCCO[C](=[Cr])c1ccccc1.[C-]#[O+].[C-]#[O+].[C-]#[O+].[C-]#[O+].[C-]#[O+]. The molecule has 1 rings (SSSR count). The van der Waals surface area contributed by atoms with Crippen LogP contribution in [-0.4, -0.2) is 11.2 Å². The zero-order valence-electron chi connectivity index (χ0n) is 14.1. The van der Waals surface area contributed by atoms with Gasteiger partial charge in [0.25, 0.3) is 0 Å². The standard InChI is InChI=1S/C14H16O.5CO.Cr/c1-2-3-4-5-9-12-15-13-14-10-7-6-8-11-14;5*1-2;/h6-8,10-11H,4-5,9,12H2,1H3;;;;;;. The Hall–Kier alpha value is -2.16. The third-order valence-corrected chi connectivity index (χ3v) is 2.67. The first-order chi connectivity index (χ1) is 12.8. The van der Waals surface area contributed by atoms with Crippen LogP contribution in [-0.2, 0) is 43.8 Å². The van der Waals surface area contributed by atoms with E-state index in [9.17, 15) is 0 Å². The third-order valence-electron chi connectivity index (χ3n) is 2.12. The van der Waals surface area contributed by atoms with Crippen molar-refractivity contribution >= 4 is 4.57 Å². The van der Waals surface area contributed by atoms with Gasteiger partial charge < -0.3 is 0 Å². The van der Waals surface area contributed by atoms with Crippen molar-refractivity contribution in [1.29, 1.82) is 0 Å². The van der Waals surface area contributed by atoms with Crippen LogP contribution in [0, 0.1) is 45.1 Å². The number of rotatable bonds is 6. The van der Waals surface area contributed by atoms with Gasteiger partial charge in [0.15, 0.2) is 0 Å². The second-order valence-electron chi connectivity index (χ2n) is 3.39. The molecule has 0 aliphatic heterocycles. The van der Waals surface area contributed by atoms with Crippen molar-refractivity contribution in [2.24, 2.45) is 0 Å². The molecule has 26 heavy (non-hydrogen) atoms. The summed E-state index contributed by atoms with van der Waals surface area (Å²) in [5.74, 6) is 5.94. The van der Waals surface area contributed by atoms with Crippen LogP contribution < -0.4 is 0 Å². The Morgan fingerprint density at radius 2 is 1.35 bits per heavy atom. The Morgan fingerprint density at radius 1 is 0.885 bits per heavy atom. The Bertz CT molecular complexity index is 538. The van der Waals surface area contributed by atoms with Gasteiger partial charge >= 0.3 is 162 Å². The summed E-state index contributed by atoms with van der Waals surface area (Å²) in [5.41, 5.74) is 1.11. The molecular formula is C19H16CrO6. The fourth-order valence-electron chi connectivity index (χ4n) is 1.26. The Morgan fingerprint density at radius 3 is 1.77 bits per heavy atom. The van der Waals surface area contributed by atoms with Crippen molar-refractivity contribution in [2.75, 3.05) is 6.61 Å². The molecule has 134 valence electrons. The normalized spacial score (nSPS) is 6.12. The van der Waals surface area contributed by atoms with E-state index in [0.717, 1.165) is 36.0 Å². The summed E-state index contributed by atoms with van der Waals surface area (Å²) in [4.78, 5) is 0. The number of hydrogen-bond acceptors (Lipinski definition) is 1. The summed E-state index contributed by atoms with van der Waals surface area (Å²) in [6.07, 6.45) is 3.11. The third kappa shape index (κ3) is 29.8. The van der Waals surface area contributed by atoms with Crippen molar-refractivity contribution in [3.8, 4) is 11.8 Å². The molecule has 1 aromatic rings. The van der Waals surface area contributed by atoms with Crippen molar-refractivity contribution in [3.05, 3.63) is 69.1 Å². The predicted molar refractivity (Wildman–Crippen MR) is 83.5 cm³/mol. The summed E-state index contributed by atoms with van der Waals surface area (Å²) in [7, 11) is 0. The van der Waals surface area contributed by atoms with Gasteiger partial charge in [-0.3, -0.25) is 0 Å². The summed E-state index contributed by atoms with van der Waals surface area (Å²) in [5, 5.41) is 0. The molecule has 6 nitrogen and oxygen atoms in total. The fourth-order valence-corrected chi connectivity index (χ4v) is 1.61. The van der Waals surface area contributed by atoms with Gasteiger partial charge in [0.05, 0.1) is 0 Å². The van der Waals surface area contributed by atoms with Crippen molar-refractivity contribution < 1.29 is 43.8 Å². The van der Waals surface area contributed by atoms with Gasteiger partial charge in [-0.15, -0.1) is 0 Å². The molecule has 1 aromatic carbocycles.